The first-order chi connectivity index (χ1) is 12.7. The predicted octanol–water partition coefficient (Wildman–Crippen LogP) is 3.95. The van der Waals surface area contributed by atoms with Gasteiger partial charge in [-0.05, 0) is 57.5 Å². The molecule has 0 saturated carbocycles. The summed E-state index contributed by atoms with van der Waals surface area (Å²) in [6.45, 7) is 5.95. The Balaban J connectivity index is 1.89. The van der Waals surface area contributed by atoms with Gasteiger partial charge in [0.2, 0.25) is 11.8 Å². The fourth-order valence-electron chi connectivity index (χ4n) is 3.02. The lowest BCUT2D eigenvalue weighted by Crippen LogP contribution is -2.38. The third-order valence-corrected chi connectivity index (χ3v) is 4.56. The highest BCUT2D eigenvalue weighted by Crippen LogP contribution is 2.28. The zero-order valence-electron chi connectivity index (χ0n) is 15.2. The number of nitrogens with one attached hydrogen (secondary N) is 2. The number of anilines is 2. The Morgan fingerprint density at radius 2 is 2.08 bits per heavy atom. The molecular formula is C19H25N5OS. The minimum atomic E-state index is 0.441. The number of hydrogen-bond donors (Lipinski definition) is 2. The molecule has 0 spiro atoms. The van der Waals surface area contributed by atoms with Gasteiger partial charge in [0, 0.05) is 25.2 Å². The molecule has 0 amide bonds. The smallest absolute Gasteiger partial charge is 0.234 e. The third kappa shape index (κ3) is 4.82. The van der Waals surface area contributed by atoms with Crippen molar-refractivity contribution in [2.24, 2.45) is 0 Å². The lowest BCUT2D eigenvalue weighted by atomic mass is 10.0. The number of benzene rings is 1. The number of hydrogen-bond acceptors (Lipinski definition) is 5. The van der Waals surface area contributed by atoms with Crippen molar-refractivity contribution in [2.75, 3.05) is 23.3 Å². The summed E-state index contributed by atoms with van der Waals surface area (Å²) < 4.78 is 5.95. The summed E-state index contributed by atoms with van der Waals surface area (Å²) in [5.74, 6) is 2.54. The second-order valence-corrected chi connectivity index (χ2v) is 6.73. The van der Waals surface area contributed by atoms with E-state index < -0.39 is 0 Å². The largest absolute Gasteiger partial charge is 0.439 e. The van der Waals surface area contributed by atoms with E-state index >= 15 is 0 Å². The fourth-order valence-corrected chi connectivity index (χ4v) is 3.26. The van der Waals surface area contributed by atoms with Crippen LogP contribution in [-0.4, -0.2) is 34.2 Å². The van der Waals surface area contributed by atoms with Crippen LogP contribution in [-0.2, 0) is 0 Å². The molecule has 2 aromatic rings. The summed E-state index contributed by atoms with van der Waals surface area (Å²) in [6.07, 6.45) is 3.59. The van der Waals surface area contributed by atoms with E-state index in [1.54, 1.807) is 0 Å². The average molecular weight is 372 g/mol. The molecule has 1 atom stereocenters. The number of para-hydroxylation sites is 1. The Bertz CT molecular complexity index is 740. The molecule has 1 aliphatic rings. The molecule has 7 heteroatoms. The number of aromatic nitrogens is 2. The van der Waals surface area contributed by atoms with Crippen molar-refractivity contribution in [3.63, 3.8) is 0 Å². The van der Waals surface area contributed by atoms with E-state index in [0.717, 1.165) is 31.1 Å². The van der Waals surface area contributed by atoms with Gasteiger partial charge in [0.1, 0.15) is 11.6 Å². The maximum Gasteiger partial charge on any atom is 0.234 e. The van der Waals surface area contributed by atoms with Gasteiger partial charge >= 0.3 is 0 Å². The van der Waals surface area contributed by atoms with Crippen LogP contribution in [0.15, 0.2) is 36.4 Å². The van der Waals surface area contributed by atoms with Crippen LogP contribution in [0.5, 0.6) is 11.6 Å². The predicted molar refractivity (Wildman–Crippen MR) is 109 cm³/mol. The van der Waals surface area contributed by atoms with E-state index in [1.807, 2.05) is 43.3 Å². The zero-order valence-corrected chi connectivity index (χ0v) is 16.1. The summed E-state index contributed by atoms with van der Waals surface area (Å²) in [4.78, 5) is 11.4. The summed E-state index contributed by atoms with van der Waals surface area (Å²) in [5, 5.41) is 6.61. The highest BCUT2D eigenvalue weighted by atomic mass is 32.1. The maximum absolute atomic E-state index is 5.95. The lowest BCUT2D eigenvalue weighted by Gasteiger charge is -2.34. The average Bonchev–Trinajstić information content (AvgIpc) is 2.63. The monoisotopic (exact) mass is 371 g/mol. The second kappa shape index (κ2) is 8.80. The molecule has 1 aromatic carbocycles. The van der Waals surface area contributed by atoms with E-state index in [-0.39, 0.29) is 0 Å². The van der Waals surface area contributed by atoms with Gasteiger partial charge in [-0.2, -0.15) is 9.97 Å². The SMILES string of the molecule is CCNC(=S)Nc1nc(Oc2ccccc2)cc(N2CCCC[C@@H]2C)n1. The zero-order chi connectivity index (χ0) is 18.4. The molecule has 1 aromatic heterocycles. The van der Waals surface area contributed by atoms with Gasteiger partial charge in [-0.25, -0.2) is 0 Å². The van der Waals surface area contributed by atoms with E-state index in [9.17, 15) is 0 Å². The minimum Gasteiger partial charge on any atom is -0.439 e. The van der Waals surface area contributed by atoms with Crippen molar-refractivity contribution in [2.45, 2.75) is 39.2 Å². The number of ether oxygens (including phenoxy) is 1. The Morgan fingerprint density at radius 3 is 2.81 bits per heavy atom. The number of piperidine rings is 1. The van der Waals surface area contributed by atoms with Crippen molar-refractivity contribution in [3.05, 3.63) is 36.4 Å². The molecular weight excluding hydrogens is 346 g/mol. The molecule has 26 heavy (non-hydrogen) atoms. The molecule has 1 saturated heterocycles. The second-order valence-electron chi connectivity index (χ2n) is 6.33. The van der Waals surface area contributed by atoms with Gasteiger partial charge in [0.05, 0.1) is 0 Å². The van der Waals surface area contributed by atoms with E-state index in [0.29, 0.717) is 23.0 Å². The van der Waals surface area contributed by atoms with E-state index in [2.05, 4.69) is 32.4 Å². The lowest BCUT2D eigenvalue weighted by molar-refractivity contribution is 0.457. The molecule has 0 unspecified atom stereocenters. The van der Waals surface area contributed by atoms with Crippen LogP contribution < -0.4 is 20.3 Å². The molecule has 138 valence electrons. The van der Waals surface area contributed by atoms with Crippen LogP contribution in [0.4, 0.5) is 11.8 Å². The molecule has 0 bridgehead atoms. The van der Waals surface area contributed by atoms with Gasteiger partial charge in [-0.15, -0.1) is 0 Å². The van der Waals surface area contributed by atoms with Crippen LogP contribution in [0.25, 0.3) is 0 Å². The van der Waals surface area contributed by atoms with Crippen LogP contribution in [0.3, 0.4) is 0 Å². The van der Waals surface area contributed by atoms with Crippen molar-refractivity contribution >= 4 is 29.1 Å². The van der Waals surface area contributed by atoms with Crippen molar-refractivity contribution < 1.29 is 4.74 Å². The Kier molecular flexibility index (Phi) is 6.22. The van der Waals surface area contributed by atoms with Gasteiger partial charge in [-0.1, -0.05) is 18.2 Å². The van der Waals surface area contributed by atoms with Crippen LogP contribution in [0.2, 0.25) is 0 Å². The molecule has 0 radical (unpaired) electrons. The van der Waals surface area contributed by atoms with E-state index in [1.165, 1.54) is 12.8 Å². The Hall–Kier alpha value is -2.41. The highest BCUT2D eigenvalue weighted by Gasteiger charge is 2.21. The van der Waals surface area contributed by atoms with Crippen molar-refractivity contribution in [1.82, 2.24) is 15.3 Å². The van der Waals surface area contributed by atoms with Gasteiger partial charge < -0.3 is 20.3 Å². The van der Waals surface area contributed by atoms with Crippen LogP contribution >= 0.6 is 12.2 Å². The number of thiocarbonyl (C=S) groups is 1. The maximum atomic E-state index is 5.95. The fraction of sp³-hybridized carbons (Fsp3) is 0.421. The molecule has 1 fully saturated rings. The van der Waals surface area contributed by atoms with Crippen LogP contribution in [0.1, 0.15) is 33.1 Å². The van der Waals surface area contributed by atoms with E-state index in [4.69, 9.17) is 17.0 Å². The van der Waals surface area contributed by atoms with Crippen LogP contribution in [0, 0.1) is 0 Å². The summed E-state index contributed by atoms with van der Waals surface area (Å²) in [7, 11) is 0. The molecule has 2 heterocycles. The molecule has 2 N–H and O–H groups in total. The molecule has 1 aliphatic heterocycles. The van der Waals surface area contributed by atoms with Gasteiger partial charge in [0.25, 0.3) is 0 Å². The number of rotatable bonds is 5. The molecule has 3 rings (SSSR count). The normalized spacial score (nSPS) is 16.8. The Morgan fingerprint density at radius 1 is 1.27 bits per heavy atom. The highest BCUT2D eigenvalue weighted by molar-refractivity contribution is 7.80. The first-order valence-corrected chi connectivity index (χ1v) is 9.50. The molecule has 0 aliphatic carbocycles. The van der Waals surface area contributed by atoms with Crippen molar-refractivity contribution in [3.8, 4) is 11.6 Å². The first-order valence-electron chi connectivity index (χ1n) is 9.09. The summed E-state index contributed by atoms with van der Waals surface area (Å²) in [6, 6.07) is 12.0. The van der Waals surface area contributed by atoms with Gasteiger partial charge in [-0.3, -0.25) is 0 Å². The topological polar surface area (TPSA) is 62.3 Å². The Labute approximate surface area is 160 Å². The van der Waals surface area contributed by atoms with Crippen molar-refractivity contribution in [1.29, 1.82) is 0 Å². The van der Waals surface area contributed by atoms with Gasteiger partial charge in [0.15, 0.2) is 5.11 Å². The standard InChI is InChI=1S/C19H25N5OS/c1-3-20-19(26)23-18-21-16(24-12-8-7-9-14(24)2)13-17(22-18)25-15-10-5-4-6-11-15/h4-6,10-11,13-14H,3,7-9,12H2,1-2H3,(H2,20,21,22,23,26)/t14-/m0/s1. The minimum absolute atomic E-state index is 0.441. The third-order valence-electron chi connectivity index (χ3n) is 4.31. The molecule has 6 nitrogen and oxygen atoms in total. The number of nitrogens with zero attached hydrogens (tertiary/aromatic N) is 3. The first kappa shape index (κ1) is 18.4. The summed E-state index contributed by atoms with van der Waals surface area (Å²) in [5.41, 5.74) is 0. The summed E-state index contributed by atoms with van der Waals surface area (Å²) >= 11 is 5.27. The quantitative estimate of drug-likeness (QED) is 0.772.